The van der Waals surface area contributed by atoms with Crippen LogP contribution in [0.4, 0.5) is 0 Å². The molecule has 0 bridgehead atoms. The average molecular weight is 219 g/mol. The molecule has 0 unspecified atom stereocenters. The smallest absolute Gasteiger partial charge is 0.309 e. The van der Waals surface area contributed by atoms with Crippen molar-refractivity contribution in [1.29, 1.82) is 0 Å². The molecule has 0 spiro atoms. The van der Waals surface area contributed by atoms with Crippen LogP contribution in [0.5, 0.6) is 0 Å². The predicted octanol–water partition coefficient (Wildman–Crippen LogP) is 0.464. The van der Waals surface area contributed by atoms with E-state index in [1.54, 1.807) is 0 Å². The van der Waals surface area contributed by atoms with Crippen LogP contribution in [-0.4, -0.2) is 29.4 Å². The van der Waals surface area contributed by atoms with Gasteiger partial charge in [0.05, 0.1) is 12.5 Å². The van der Waals surface area contributed by atoms with Gasteiger partial charge in [-0.2, -0.15) is 0 Å². The van der Waals surface area contributed by atoms with E-state index in [1.807, 2.05) is 38.8 Å². The monoisotopic (exact) mass is 219 g/mol. The molecule has 5 heteroatoms. The van der Waals surface area contributed by atoms with Gasteiger partial charge in [0.1, 0.15) is 5.82 Å². The predicted molar refractivity (Wildman–Crippen MR) is 61.9 cm³/mol. The molecule has 1 aromatic rings. The number of rotatable bonds is 4. The van der Waals surface area contributed by atoms with Crippen LogP contribution in [0.2, 0.25) is 6.82 Å². The molecular formula is C11H16BN2O2. The molecule has 1 heterocycles. The Hall–Kier alpha value is -1.26. The Morgan fingerprint density at radius 3 is 3.06 bits per heavy atom. The van der Waals surface area contributed by atoms with Crippen LogP contribution in [0, 0.1) is 5.92 Å². The summed E-state index contributed by atoms with van der Waals surface area (Å²) < 4.78 is 7.01. The molecule has 0 aromatic carbocycles. The van der Waals surface area contributed by atoms with E-state index in [1.165, 1.54) is 0 Å². The molecule has 1 radical (unpaired) electrons. The number of aromatic nitrogens is 2. The maximum absolute atomic E-state index is 11.5. The summed E-state index contributed by atoms with van der Waals surface area (Å²) in [6.07, 6.45) is 2.85. The van der Waals surface area contributed by atoms with Crippen LogP contribution in [0.3, 0.4) is 0 Å². The quantitative estimate of drug-likeness (QED) is 0.546. The van der Waals surface area contributed by atoms with Crippen molar-refractivity contribution in [1.82, 2.24) is 9.55 Å². The average Bonchev–Trinajstić information content (AvgIpc) is 2.96. The first-order valence-electron chi connectivity index (χ1n) is 5.66. The highest BCUT2D eigenvalue weighted by Crippen LogP contribution is 2.47. The molecule has 1 fully saturated rings. The Bertz CT molecular complexity index is 403. The van der Waals surface area contributed by atoms with Gasteiger partial charge in [-0.3, -0.25) is 4.79 Å². The second-order valence-electron chi connectivity index (χ2n) is 4.12. The summed E-state index contributed by atoms with van der Waals surface area (Å²) in [6, 6.07) is 0. The van der Waals surface area contributed by atoms with Gasteiger partial charge in [-0.15, -0.1) is 0 Å². The summed E-state index contributed by atoms with van der Waals surface area (Å²) in [6.45, 7) is 4.25. The Morgan fingerprint density at radius 1 is 1.75 bits per heavy atom. The van der Waals surface area contributed by atoms with Gasteiger partial charge < -0.3 is 9.30 Å². The fraction of sp³-hybridized carbons (Fsp3) is 0.636. The first-order valence-corrected chi connectivity index (χ1v) is 5.66. The molecule has 2 atom stereocenters. The van der Waals surface area contributed by atoms with Gasteiger partial charge in [-0.1, -0.05) is 6.82 Å². The molecule has 1 aliphatic carbocycles. The van der Waals surface area contributed by atoms with E-state index in [4.69, 9.17) is 4.74 Å². The fourth-order valence-corrected chi connectivity index (χ4v) is 1.98. The van der Waals surface area contributed by atoms with E-state index in [0.29, 0.717) is 6.61 Å². The highest BCUT2D eigenvalue weighted by Gasteiger charge is 2.47. The standard InChI is InChI=1S/C11H16BN2O2/c1-4-16-11(15)8-5-7(8)10-13-9(12-2)6-14(10)3/h6-8H,4-5H2,1-3H3/t7-,8-/m1/s1. The molecule has 1 aliphatic rings. The zero-order valence-electron chi connectivity index (χ0n) is 9.93. The zero-order chi connectivity index (χ0) is 11.7. The fourth-order valence-electron chi connectivity index (χ4n) is 1.98. The molecule has 0 N–H and O–H groups in total. The van der Waals surface area contributed by atoms with Crippen LogP contribution in [0.25, 0.3) is 0 Å². The number of hydrogen-bond acceptors (Lipinski definition) is 3. The number of nitrogens with zero attached hydrogens (tertiary/aromatic N) is 2. The lowest BCUT2D eigenvalue weighted by Crippen LogP contribution is -2.11. The van der Waals surface area contributed by atoms with Crippen LogP contribution >= 0.6 is 0 Å². The highest BCUT2D eigenvalue weighted by atomic mass is 16.5. The van der Waals surface area contributed by atoms with E-state index >= 15 is 0 Å². The summed E-state index contributed by atoms with van der Waals surface area (Å²) in [7, 11) is 3.93. The maximum Gasteiger partial charge on any atom is 0.309 e. The summed E-state index contributed by atoms with van der Waals surface area (Å²) in [5.41, 5.74) is 0.965. The molecule has 0 amide bonds. The van der Waals surface area contributed by atoms with Crippen LogP contribution in [-0.2, 0) is 16.6 Å². The van der Waals surface area contributed by atoms with Crippen molar-refractivity contribution in [3.8, 4) is 0 Å². The minimum atomic E-state index is -0.0856. The van der Waals surface area contributed by atoms with Crippen molar-refractivity contribution in [2.45, 2.75) is 26.1 Å². The lowest BCUT2D eigenvalue weighted by Gasteiger charge is -2.01. The molecule has 1 aromatic heterocycles. The summed E-state index contributed by atoms with van der Waals surface area (Å²) >= 11 is 0. The third kappa shape index (κ3) is 1.99. The van der Waals surface area contributed by atoms with E-state index in [-0.39, 0.29) is 17.8 Å². The SMILES string of the molecule is C[B]c1cn(C)c([C@@H]2C[C@H]2C(=O)OCC)n1. The second kappa shape index (κ2) is 4.32. The van der Waals surface area contributed by atoms with Crippen molar-refractivity contribution in [3.05, 3.63) is 12.0 Å². The van der Waals surface area contributed by atoms with Crippen molar-refractivity contribution < 1.29 is 9.53 Å². The van der Waals surface area contributed by atoms with Gasteiger partial charge >= 0.3 is 5.97 Å². The first-order chi connectivity index (χ1) is 7.67. The van der Waals surface area contributed by atoms with Crippen LogP contribution in [0.1, 0.15) is 25.1 Å². The molecular weight excluding hydrogens is 203 g/mol. The number of imidazole rings is 1. The number of hydrogen-bond donors (Lipinski definition) is 0. The second-order valence-corrected chi connectivity index (χ2v) is 4.12. The van der Waals surface area contributed by atoms with Gasteiger partial charge in [0.25, 0.3) is 0 Å². The number of aryl methyl sites for hydroxylation is 1. The van der Waals surface area contributed by atoms with Gasteiger partial charge in [0, 0.05) is 24.8 Å². The maximum atomic E-state index is 11.5. The van der Waals surface area contributed by atoms with E-state index in [9.17, 15) is 4.79 Å². The number of carbonyl (C=O) groups excluding carboxylic acids is 1. The molecule has 4 nitrogen and oxygen atoms in total. The van der Waals surface area contributed by atoms with Crippen molar-refractivity contribution >= 4 is 18.8 Å². The van der Waals surface area contributed by atoms with Crippen molar-refractivity contribution in [2.75, 3.05) is 6.61 Å². The largest absolute Gasteiger partial charge is 0.466 e. The lowest BCUT2D eigenvalue weighted by molar-refractivity contribution is -0.144. The topological polar surface area (TPSA) is 44.1 Å². The zero-order valence-corrected chi connectivity index (χ0v) is 9.93. The number of esters is 1. The third-order valence-corrected chi connectivity index (χ3v) is 2.94. The Balaban J connectivity index is 2.05. The number of ether oxygens (including phenoxy) is 1. The minimum absolute atomic E-state index is 0.0192. The summed E-state index contributed by atoms with van der Waals surface area (Å²) in [5, 5.41) is 0. The van der Waals surface area contributed by atoms with E-state index in [0.717, 1.165) is 17.8 Å². The molecule has 16 heavy (non-hydrogen) atoms. The molecule has 1 saturated carbocycles. The summed E-state index contributed by atoms with van der Waals surface area (Å²) in [5.74, 6) is 1.17. The normalized spacial score (nSPS) is 22.9. The van der Waals surface area contributed by atoms with Crippen LogP contribution < -0.4 is 5.59 Å². The van der Waals surface area contributed by atoms with Crippen LogP contribution in [0.15, 0.2) is 6.20 Å². The molecule has 0 aliphatic heterocycles. The number of carbonyl (C=O) groups is 1. The molecule has 0 saturated heterocycles. The van der Waals surface area contributed by atoms with E-state index in [2.05, 4.69) is 4.98 Å². The Kier molecular flexibility index (Phi) is 3.03. The first kappa shape index (κ1) is 11.2. The highest BCUT2D eigenvalue weighted by molar-refractivity contribution is 6.50. The van der Waals surface area contributed by atoms with Gasteiger partial charge in [0.2, 0.25) is 0 Å². The van der Waals surface area contributed by atoms with Crippen molar-refractivity contribution in [3.63, 3.8) is 0 Å². The Morgan fingerprint density at radius 2 is 2.50 bits per heavy atom. The summed E-state index contributed by atoms with van der Waals surface area (Å²) in [4.78, 5) is 16.0. The molecule has 85 valence electrons. The lowest BCUT2D eigenvalue weighted by atomic mass is 9.79. The third-order valence-electron chi connectivity index (χ3n) is 2.94. The van der Waals surface area contributed by atoms with Gasteiger partial charge in [-0.05, 0) is 13.3 Å². The van der Waals surface area contributed by atoms with E-state index < -0.39 is 0 Å². The van der Waals surface area contributed by atoms with Gasteiger partial charge in [0.15, 0.2) is 7.28 Å². The van der Waals surface area contributed by atoms with Crippen molar-refractivity contribution in [2.24, 2.45) is 13.0 Å². The van der Waals surface area contributed by atoms with Gasteiger partial charge in [-0.25, -0.2) is 4.98 Å². The molecule has 2 rings (SSSR count). The Labute approximate surface area is 96.2 Å². The minimum Gasteiger partial charge on any atom is -0.466 e.